The summed E-state index contributed by atoms with van der Waals surface area (Å²) in [4.78, 5) is 28.1. The summed E-state index contributed by atoms with van der Waals surface area (Å²) < 4.78 is 0. The third kappa shape index (κ3) is 6.39. The van der Waals surface area contributed by atoms with Crippen LogP contribution < -0.4 is 22.9 Å². The molecule has 0 aromatic rings. The number of carboxylic acids is 1. The number of aliphatic carboxylic acids is 1. The molecule has 26 heavy (non-hydrogen) atoms. The number of aliphatic hydroxyl groups excluding tert-OH is 1. The highest BCUT2D eigenvalue weighted by Gasteiger charge is 2.50. The van der Waals surface area contributed by atoms with E-state index in [1.165, 1.54) is 0 Å². The predicted octanol–water partition coefficient (Wildman–Crippen LogP) is -1.51. The van der Waals surface area contributed by atoms with Crippen molar-refractivity contribution in [2.45, 2.75) is 51.3 Å². The van der Waals surface area contributed by atoms with Crippen molar-refractivity contribution in [1.82, 2.24) is 0 Å². The predicted molar refractivity (Wildman–Crippen MR) is 97.2 cm³/mol. The molecule has 0 bridgehead atoms. The molecule has 0 aliphatic heterocycles. The van der Waals surface area contributed by atoms with Crippen molar-refractivity contribution in [1.29, 1.82) is 0 Å². The Balaban J connectivity index is 0.00000194. The number of aliphatic imine (C=N–C) groups is 2. The smallest absolute Gasteiger partial charge is 0.309 e. The Morgan fingerprint density at radius 1 is 1.19 bits per heavy atom. The quantitative estimate of drug-likeness (QED) is 0.156. The molecule has 0 saturated heterocycles. The van der Waals surface area contributed by atoms with E-state index in [9.17, 15) is 15.0 Å². The zero-order chi connectivity index (χ0) is 20.4. The molecule has 0 amide bonds. The van der Waals surface area contributed by atoms with Gasteiger partial charge >= 0.3 is 5.97 Å². The van der Waals surface area contributed by atoms with Gasteiger partial charge in [-0.3, -0.25) is 9.59 Å². The standard InChI is InChI=1S/C14H28N6O3.CH2O2/c1-3-6(4-2)10(20-14(17)18)9-8(19-13(15)16)5-7(11(9)21)12(22)23;2-1-3/h6-11,21H,3-5H2,1-2H3,(H,22,23)(H4,15,16,19)(H4,17,18,20);1H,(H,2,3)/t7-,8+,9+,10-,11+;/m0./s1. The van der Waals surface area contributed by atoms with Crippen LogP contribution in [0.15, 0.2) is 9.98 Å². The van der Waals surface area contributed by atoms with Gasteiger partial charge in [0.15, 0.2) is 11.9 Å². The molecule has 0 aromatic carbocycles. The van der Waals surface area contributed by atoms with Crippen LogP contribution in [0.4, 0.5) is 0 Å². The third-order valence-corrected chi connectivity index (χ3v) is 4.60. The Hall–Kier alpha value is -2.56. The van der Waals surface area contributed by atoms with Crippen molar-refractivity contribution in [2.75, 3.05) is 0 Å². The van der Waals surface area contributed by atoms with Crippen LogP contribution in [0, 0.1) is 17.8 Å². The average Bonchev–Trinajstić information content (AvgIpc) is 2.83. The van der Waals surface area contributed by atoms with E-state index in [4.69, 9.17) is 32.8 Å². The number of carboxylic acid groups (broad SMARTS) is 2. The first-order valence-electron chi connectivity index (χ1n) is 8.30. The molecule has 1 aliphatic carbocycles. The number of rotatable bonds is 7. The van der Waals surface area contributed by atoms with Gasteiger partial charge in [0.2, 0.25) is 0 Å². The Bertz CT molecular complexity index is 515. The van der Waals surface area contributed by atoms with Crippen molar-refractivity contribution in [3.05, 3.63) is 0 Å². The molecule has 1 aliphatic rings. The van der Waals surface area contributed by atoms with Gasteiger partial charge in [0.1, 0.15) is 0 Å². The molecule has 1 saturated carbocycles. The minimum absolute atomic E-state index is 0.0843. The fourth-order valence-corrected chi connectivity index (χ4v) is 3.51. The van der Waals surface area contributed by atoms with E-state index >= 15 is 0 Å². The van der Waals surface area contributed by atoms with Crippen molar-refractivity contribution in [3.8, 4) is 0 Å². The van der Waals surface area contributed by atoms with Crippen LogP contribution in [-0.2, 0) is 9.59 Å². The molecule has 150 valence electrons. The fourth-order valence-electron chi connectivity index (χ4n) is 3.51. The first kappa shape index (κ1) is 23.4. The Kier molecular flexibility index (Phi) is 10.0. The van der Waals surface area contributed by atoms with Crippen molar-refractivity contribution in [2.24, 2.45) is 50.7 Å². The minimum atomic E-state index is -1.12. The van der Waals surface area contributed by atoms with E-state index in [0.717, 1.165) is 12.8 Å². The average molecular weight is 374 g/mol. The van der Waals surface area contributed by atoms with E-state index < -0.39 is 36.0 Å². The monoisotopic (exact) mass is 374 g/mol. The van der Waals surface area contributed by atoms with E-state index in [1.54, 1.807) is 0 Å². The van der Waals surface area contributed by atoms with E-state index in [-0.39, 0.29) is 30.7 Å². The molecule has 0 radical (unpaired) electrons. The van der Waals surface area contributed by atoms with Crippen LogP contribution in [0.25, 0.3) is 0 Å². The van der Waals surface area contributed by atoms with Gasteiger partial charge in [-0.25, -0.2) is 9.98 Å². The lowest BCUT2D eigenvalue weighted by Crippen LogP contribution is -2.42. The number of hydrogen-bond acceptors (Lipinski definition) is 5. The second kappa shape index (κ2) is 11.1. The topological polar surface area (TPSA) is 224 Å². The fraction of sp³-hybridized carbons (Fsp3) is 0.733. The van der Waals surface area contributed by atoms with Crippen LogP contribution in [0.3, 0.4) is 0 Å². The van der Waals surface area contributed by atoms with Gasteiger partial charge in [0.25, 0.3) is 6.47 Å². The molecule has 11 heteroatoms. The normalized spacial score (nSPS) is 25.5. The van der Waals surface area contributed by atoms with Crippen LogP contribution in [-0.4, -0.2) is 57.9 Å². The van der Waals surface area contributed by atoms with E-state index in [0.29, 0.717) is 0 Å². The molecule has 0 unspecified atom stereocenters. The van der Waals surface area contributed by atoms with Crippen molar-refractivity contribution in [3.63, 3.8) is 0 Å². The summed E-state index contributed by atoms with van der Waals surface area (Å²) in [6, 6.07) is -0.979. The summed E-state index contributed by atoms with van der Waals surface area (Å²) in [6.45, 7) is 3.74. The largest absolute Gasteiger partial charge is 0.483 e. The molecular weight excluding hydrogens is 344 g/mol. The number of nitrogens with zero attached hydrogens (tertiary/aromatic N) is 2. The maximum atomic E-state index is 11.4. The Morgan fingerprint density at radius 3 is 2.04 bits per heavy atom. The van der Waals surface area contributed by atoms with Gasteiger partial charge in [0, 0.05) is 5.92 Å². The lowest BCUT2D eigenvalue weighted by atomic mass is 9.81. The number of nitrogens with two attached hydrogens (primary N) is 4. The number of carbonyl (C=O) groups is 2. The number of hydrogen-bond donors (Lipinski definition) is 7. The molecule has 5 atom stereocenters. The van der Waals surface area contributed by atoms with E-state index in [1.807, 2.05) is 13.8 Å². The highest BCUT2D eigenvalue weighted by Crippen LogP contribution is 2.40. The van der Waals surface area contributed by atoms with Crippen molar-refractivity contribution < 1.29 is 24.9 Å². The van der Waals surface area contributed by atoms with Gasteiger partial charge in [-0.1, -0.05) is 26.7 Å². The van der Waals surface area contributed by atoms with Crippen LogP contribution in [0.1, 0.15) is 33.1 Å². The summed E-state index contributed by atoms with van der Waals surface area (Å²) in [7, 11) is 0. The molecule has 0 spiro atoms. The van der Waals surface area contributed by atoms with Crippen LogP contribution in [0.2, 0.25) is 0 Å². The number of guanidine groups is 2. The molecule has 11 nitrogen and oxygen atoms in total. The first-order valence-corrected chi connectivity index (χ1v) is 8.30. The minimum Gasteiger partial charge on any atom is -0.483 e. The SMILES string of the molecule is CCC(CC)[C@H](N=C(N)N)[C@@H]1[C@H](O)[C@@H](C(=O)O)C[C@H]1N=C(N)N.O=CO. The lowest BCUT2D eigenvalue weighted by molar-refractivity contribution is -0.145. The summed E-state index contributed by atoms with van der Waals surface area (Å²) >= 11 is 0. The first-order chi connectivity index (χ1) is 12.1. The zero-order valence-corrected chi connectivity index (χ0v) is 15.0. The van der Waals surface area contributed by atoms with Crippen molar-refractivity contribution >= 4 is 24.4 Å². The maximum Gasteiger partial charge on any atom is 0.309 e. The van der Waals surface area contributed by atoms with Crippen LogP contribution >= 0.6 is 0 Å². The highest BCUT2D eigenvalue weighted by molar-refractivity contribution is 5.77. The zero-order valence-electron chi connectivity index (χ0n) is 15.0. The van der Waals surface area contributed by atoms with Gasteiger partial charge in [0.05, 0.1) is 24.1 Å². The summed E-state index contributed by atoms with van der Waals surface area (Å²) in [6.07, 6.45) is 0.602. The molecule has 11 N–H and O–H groups in total. The molecule has 0 heterocycles. The van der Waals surface area contributed by atoms with Crippen LogP contribution in [0.5, 0.6) is 0 Å². The second-order valence-corrected chi connectivity index (χ2v) is 6.10. The summed E-state index contributed by atoms with van der Waals surface area (Å²) in [5.41, 5.74) is 22.0. The highest BCUT2D eigenvalue weighted by atomic mass is 16.4. The second-order valence-electron chi connectivity index (χ2n) is 6.10. The molecular formula is C15H30N6O5. The van der Waals surface area contributed by atoms with Gasteiger partial charge < -0.3 is 38.3 Å². The van der Waals surface area contributed by atoms with Gasteiger partial charge in [-0.2, -0.15) is 0 Å². The van der Waals surface area contributed by atoms with Gasteiger partial charge in [-0.05, 0) is 12.3 Å². The molecule has 1 rings (SSSR count). The summed E-state index contributed by atoms with van der Waals surface area (Å²) in [5.74, 6) is -2.74. The molecule has 1 fully saturated rings. The van der Waals surface area contributed by atoms with E-state index in [2.05, 4.69) is 9.98 Å². The Labute approximate surface area is 152 Å². The lowest BCUT2D eigenvalue weighted by Gasteiger charge is -2.32. The third-order valence-electron chi connectivity index (χ3n) is 4.60. The molecule has 0 aromatic heterocycles. The Morgan fingerprint density at radius 2 is 1.69 bits per heavy atom. The van der Waals surface area contributed by atoms with Gasteiger partial charge in [-0.15, -0.1) is 0 Å². The number of aliphatic hydroxyl groups is 1. The maximum absolute atomic E-state index is 11.4. The summed E-state index contributed by atoms with van der Waals surface area (Å²) in [5, 5.41) is 26.7.